The van der Waals surface area contributed by atoms with E-state index in [-0.39, 0.29) is 22.9 Å². The van der Waals surface area contributed by atoms with Crippen LogP contribution in [-0.2, 0) is 11.2 Å². The summed E-state index contributed by atoms with van der Waals surface area (Å²) in [6, 6.07) is 9.79. The van der Waals surface area contributed by atoms with Gasteiger partial charge < -0.3 is 15.8 Å². The van der Waals surface area contributed by atoms with Crippen molar-refractivity contribution in [3.8, 4) is 5.75 Å². The average molecular weight is 403 g/mol. The molecule has 8 nitrogen and oxygen atoms in total. The minimum atomic E-state index is -0.746. The molecule has 0 aliphatic heterocycles. The number of nitrogens with zero attached hydrogens (tertiary/aromatic N) is 1. The number of benzene rings is 2. The molecule has 0 aliphatic carbocycles. The van der Waals surface area contributed by atoms with Crippen LogP contribution in [0.15, 0.2) is 41.3 Å². The Labute approximate surface area is 166 Å². The Morgan fingerprint density at radius 1 is 1.25 bits per heavy atom. The molecule has 0 heterocycles. The minimum Gasteiger partial charge on any atom is -0.496 e. The van der Waals surface area contributed by atoms with Gasteiger partial charge in [-0.15, -0.1) is 11.8 Å². The van der Waals surface area contributed by atoms with Crippen LogP contribution in [0.4, 0.5) is 5.69 Å². The Balaban J connectivity index is 1.92. The maximum absolute atomic E-state index is 12.1. The topological polar surface area (TPSA) is 125 Å². The summed E-state index contributed by atoms with van der Waals surface area (Å²) in [5.74, 6) is -0.213. The van der Waals surface area contributed by atoms with Gasteiger partial charge in [0.15, 0.2) is 0 Å². The maximum Gasteiger partial charge on any atom is 0.283 e. The molecule has 0 atom stereocenters. The summed E-state index contributed by atoms with van der Waals surface area (Å²) in [6.07, 6.45) is 0.606. The van der Waals surface area contributed by atoms with Crippen molar-refractivity contribution in [2.45, 2.75) is 18.2 Å². The number of aryl methyl sites for hydroxylation is 1. The van der Waals surface area contributed by atoms with Crippen molar-refractivity contribution in [3.63, 3.8) is 0 Å². The monoisotopic (exact) mass is 403 g/mol. The molecule has 0 radical (unpaired) electrons. The second-order valence-corrected chi connectivity index (χ2v) is 7.02. The number of nitrogens with two attached hydrogens (primary N) is 1. The van der Waals surface area contributed by atoms with Crippen molar-refractivity contribution >= 4 is 29.3 Å². The summed E-state index contributed by atoms with van der Waals surface area (Å²) in [4.78, 5) is 34.1. The average Bonchev–Trinajstić information content (AvgIpc) is 2.66. The second-order valence-electron chi connectivity index (χ2n) is 6.01. The number of amides is 2. The van der Waals surface area contributed by atoms with Crippen LogP contribution in [0.5, 0.6) is 5.75 Å². The first kappa shape index (κ1) is 21.2. The third-order valence-corrected chi connectivity index (χ3v) is 5.01. The van der Waals surface area contributed by atoms with E-state index >= 15 is 0 Å². The van der Waals surface area contributed by atoms with Crippen LogP contribution in [0.3, 0.4) is 0 Å². The second kappa shape index (κ2) is 9.75. The van der Waals surface area contributed by atoms with Gasteiger partial charge in [0.05, 0.1) is 22.7 Å². The van der Waals surface area contributed by atoms with Gasteiger partial charge in [-0.3, -0.25) is 19.7 Å². The van der Waals surface area contributed by atoms with E-state index in [4.69, 9.17) is 10.5 Å². The predicted octanol–water partition coefficient (Wildman–Crippen LogP) is 2.46. The first-order valence-electron chi connectivity index (χ1n) is 8.43. The van der Waals surface area contributed by atoms with Crippen molar-refractivity contribution in [2.24, 2.45) is 5.73 Å². The van der Waals surface area contributed by atoms with Crippen LogP contribution in [0.2, 0.25) is 0 Å². The van der Waals surface area contributed by atoms with Gasteiger partial charge in [0, 0.05) is 18.2 Å². The van der Waals surface area contributed by atoms with Gasteiger partial charge in [-0.1, -0.05) is 17.7 Å². The van der Waals surface area contributed by atoms with E-state index in [1.54, 1.807) is 7.11 Å². The minimum absolute atomic E-state index is 0.0156. The van der Waals surface area contributed by atoms with Crippen molar-refractivity contribution in [3.05, 3.63) is 63.2 Å². The largest absolute Gasteiger partial charge is 0.496 e. The lowest BCUT2D eigenvalue weighted by Crippen LogP contribution is -2.27. The van der Waals surface area contributed by atoms with Gasteiger partial charge in [-0.2, -0.15) is 0 Å². The first-order valence-corrected chi connectivity index (χ1v) is 9.41. The highest BCUT2D eigenvalue weighted by Gasteiger charge is 2.18. The number of methoxy groups -OCH3 is 1. The number of thioether (sulfide) groups is 1. The number of nitro benzene ring substituents is 1. The van der Waals surface area contributed by atoms with E-state index in [1.807, 2.05) is 25.1 Å². The fourth-order valence-corrected chi connectivity index (χ4v) is 3.40. The molecule has 2 amide bonds. The highest BCUT2D eigenvalue weighted by atomic mass is 32.2. The third kappa shape index (κ3) is 5.71. The zero-order valence-electron chi connectivity index (χ0n) is 15.6. The maximum atomic E-state index is 12.1. The quantitative estimate of drug-likeness (QED) is 0.376. The summed E-state index contributed by atoms with van der Waals surface area (Å²) in [5, 5.41) is 14.0. The molecule has 0 bridgehead atoms. The summed E-state index contributed by atoms with van der Waals surface area (Å²) in [6.45, 7) is 2.40. The SMILES string of the molecule is COc1ccc(C)cc1CCNC(=O)CSc1ccc(C(N)=O)cc1[N+](=O)[O-]. The van der Waals surface area contributed by atoms with Crippen LogP contribution < -0.4 is 15.8 Å². The van der Waals surface area contributed by atoms with Gasteiger partial charge in [0.2, 0.25) is 11.8 Å². The molecular weight excluding hydrogens is 382 g/mol. The highest BCUT2D eigenvalue weighted by molar-refractivity contribution is 8.00. The number of hydrogen-bond donors (Lipinski definition) is 2. The zero-order valence-corrected chi connectivity index (χ0v) is 16.4. The Morgan fingerprint density at radius 3 is 2.64 bits per heavy atom. The van der Waals surface area contributed by atoms with E-state index in [0.29, 0.717) is 17.9 Å². The van der Waals surface area contributed by atoms with E-state index in [0.717, 1.165) is 34.7 Å². The number of nitrogens with one attached hydrogen (secondary N) is 1. The van der Waals surface area contributed by atoms with E-state index in [2.05, 4.69) is 5.32 Å². The number of ether oxygens (including phenoxy) is 1. The van der Waals surface area contributed by atoms with Crippen molar-refractivity contribution in [1.29, 1.82) is 0 Å². The van der Waals surface area contributed by atoms with E-state index < -0.39 is 10.8 Å². The molecule has 9 heteroatoms. The van der Waals surface area contributed by atoms with E-state index in [1.165, 1.54) is 12.1 Å². The molecule has 0 aromatic heterocycles. The Hall–Kier alpha value is -3.07. The van der Waals surface area contributed by atoms with Gasteiger partial charge in [-0.25, -0.2) is 0 Å². The number of carbonyl (C=O) groups excluding carboxylic acids is 2. The molecule has 0 unspecified atom stereocenters. The van der Waals surface area contributed by atoms with Gasteiger partial charge in [-0.05, 0) is 37.1 Å². The number of hydrogen-bond acceptors (Lipinski definition) is 6. The summed E-state index contributed by atoms with van der Waals surface area (Å²) < 4.78 is 5.31. The van der Waals surface area contributed by atoms with Gasteiger partial charge in [0.1, 0.15) is 5.75 Å². The summed E-state index contributed by atoms with van der Waals surface area (Å²) in [7, 11) is 1.60. The highest BCUT2D eigenvalue weighted by Crippen LogP contribution is 2.30. The lowest BCUT2D eigenvalue weighted by molar-refractivity contribution is -0.387. The third-order valence-electron chi connectivity index (χ3n) is 3.95. The Morgan fingerprint density at radius 2 is 2.00 bits per heavy atom. The zero-order chi connectivity index (χ0) is 20.7. The molecular formula is C19H21N3O5S. The number of primary amides is 1. The van der Waals surface area contributed by atoms with Crippen LogP contribution in [0.1, 0.15) is 21.5 Å². The number of nitro groups is 1. The van der Waals surface area contributed by atoms with E-state index in [9.17, 15) is 19.7 Å². The molecule has 2 aromatic rings. The Kier molecular flexibility index (Phi) is 7.39. The van der Waals surface area contributed by atoms with Crippen LogP contribution >= 0.6 is 11.8 Å². The summed E-state index contributed by atoms with van der Waals surface area (Å²) in [5.41, 5.74) is 7.04. The van der Waals surface area contributed by atoms with Crippen LogP contribution in [-0.4, -0.2) is 36.1 Å². The predicted molar refractivity (Wildman–Crippen MR) is 107 cm³/mol. The lowest BCUT2D eigenvalue weighted by atomic mass is 10.1. The normalized spacial score (nSPS) is 10.4. The lowest BCUT2D eigenvalue weighted by Gasteiger charge is -2.10. The van der Waals surface area contributed by atoms with Crippen LogP contribution in [0, 0.1) is 17.0 Å². The molecule has 2 aromatic carbocycles. The number of rotatable bonds is 9. The molecule has 0 aliphatic rings. The van der Waals surface area contributed by atoms with Crippen LogP contribution in [0.25, 0.3) is 0 Å². The molecule has 2 rings (SSSR count). The van der Waals surface area contributed by atoms with Crippen molar-refractivity contribution < 1.29 is 19.2 Å². The number of carbonyl (C=O) groups is 2. The van der Waals surface area contributed by atoms with Gasteiger partial charge >= 0.3 is 0 Å². The fraction of sp³-hybridized carbons (Fsp3) is 0.263. The molecule has 0 spiro atoms. The Bertz CT molecular complexity index is 901. The molecule has 0 saturated carbocycles. The summed E-state index contributed by atoms with van der Waals surface area (Å²) >= 11 is 1.03. The molecule has 148 valence electrons. The van der Waals surface area contributed by atoms with Gasteiger partial charge in [0.25, 0.3) is 5.69 Å². The fourth-order valence-electron chi connectivity index (χ4n) is 2.57. The molecule has 3 N–H and O–H groups in total. The van der Waals surface area contributed by atoms with Crippen molar-refractivity contribution in [1.82, 2.24) is 5.32 Å². The van der Waals surface area contributed by atoms with Crippen molar-refractivity contribution in [2.75, 3.05) is 19.4 Å². The molecule has 0 saturated heterocycles. The molecule has 28 heavy (non-hydrogen) atoms. The molecule has 0 fully saturated rings. The standard InChI is InChI=1S/C19H21N3O5S/c1-12-3-5-16(27-2)13(9-12)7-8-21-18(23)11-28-17-6-4-14(19(20)24)10-15(17)22(25)26/h3-6,9-10H,7-8,11H2,1-2H3,(H2,20,24)(H,21,23). The first-order chi connectivity index (χ1) is 13.3. The smallest absolute Gasteiger partial charge is 0.283 e.